The average Bonchev–Trinajstić information content (AvgIpc) is 2.76. The molecule has 0 saturated heterocycles. The molecule has 0 amide bonds. The van der Waals surface area contributed by atoms with Crippen LogP contribution >= 0.6 is 0 Å². The van der Waals surface area contributed by atoms with Gasteiger partial charge in [-0.15, -0.1) is 0 Å². The van der Waals surface area contributed by atoms with Gasteiger partial charge in [-0.05, 0) is 49.4 Å². The summed E-state index contributed by atoms with van der Waals surface area (Å²) in [6.07, 6.45) is 0.117. The van der Waals surface area contributed by atoms with Crippen LogP contribution in [-0.4, -0.2) is 24.1 Å². The molecule has 0 aliphatic heterocycles. The van der Waals surface area contributed by atoms with Gasteiger partial charge in [-0.1, -0.05) is 71.0 Å². The molecule has 2 aromatic carbocycles. The highest BCUT2D eigenvalue weighted by molar-refractivity contribution is 5.89. The minimum atomic E-state index is -0.324. The van der Waals surface area contributed by atoms with Gasteiger partial charge in [0.1, 0.15) is 12.2 Å². The van der Waals surface area contributed by atoms with Gasteiger partial charge < -0.3 is 9.47 Å². The zero-order valence-corrected chi connectivity index (χ0v) is 19.6. The van der Waals surface area contributed by atoms with Crippen LogP contribution in [0.2, 0.25) is 0 Å². The lowest BCUT2D eigenvalue weighted by atomic mass is 9.71. The molecule has 2 rings (SSSR count). The van der Waals surface area contributed by atoms with Crippen molar-refractivity contribution in [2.75, 3.05) is 0 Å². The summed E-state index contributed by atoms with van der Waals surface area (Å²) < 4.78 is 11.9. The number of hydrogen-bond donors (Lipinski definition) is 0. The Labute approximate surface area is 187 Å². The Bertz CT molecular complexity index is 814. The van der Waals surface area contributed by atoms with E-state index in [-0.39, 0.29) is 47.8 Å². The standard InChI is InChI=1S/C27H36O4/c1-7-23(31-27(29)22-16-12-9-13-17-22)25(19(4)5)24(18(2)3)20(6)30-26(28)21-14-10-8-11-15-21/h8-20,23-25H,7H2,1-6H3. The molecule has 0 spiro atoms. The predicted molar refractivity (Wildman–Crippen MR) is 124 cm³/mol. The first kappa shape index (κ1) is 24.6. The SMILES string of the molecule is CCC(OC(=O)c1ccccc1)C(C(C)C)C(C(C)C)C(C)OC(=O)c1ccccc1. The van der Waals surface area contributed by atoms with Gasteiger partial charge in [0, 0.05) is 11.8 Å². The van der Waals surface area contributed by atoms with Gasteiger partial charge in [-0.2, -0.15) is 0 Å². The van der Waals surface area contributed by atoms with Gasteiger partial charge in [0.2, 0.25) is 0 Å². The van der Waals surface area contributed by atoms with E-state index in [4.69, 9.17) is 9.47 Å². The number of esters is 2. The van der Waals surface area contributed by atoms with Crippen molar-refractivity contribution in [2.24, 2.45) is 23.7 Å². The molecular weight excluding hydrogens is 388 g/mol. The molecule has 0 fully saturated rings. The highest BCUT2D eigenvalue weighted by atomic mass is 16.5. The van der Waals surface area contributed by atoms with Crippen molar-refractivity contribution in [2.45, 2.75) is 60.2 Å². The maximum absolute atomic E-state index is 12.8. The van der Waals surface area contributed by atoms with Crippen molar-refractivity contribution in [1.82, 2.24) is 0 Å². The van der Waals surface area contributed by atoms with Crippen LogP contribution in [-0.2, 0) is 9.47 Å². The van der Waals surface area contributed by atoms with Gasteiger partial charge in [0.05, 0.1) is 11.1 Å². The van der Waals surface area contributed by atoms with Gasteiger partial charge in [-0.25, -0.2) is 9.59 Å². The third-order valence-electron chi connectivity index (χ3n) is 5.93. The monoisotopic (exact) mass is 424 g/mol. The third-order valence-corrected chi connectivity index (χ3v) is 5.93. The van der Waals surface area contributed by atoms with Crippen molar-refractivity contribution >= 4 is 11.9 Å². The number of ether oxygens (including phenoxy) is 2. The van der Waals surface area contributed by atoms with Crippen LogP contribution < -0.4 is 0 Å². The van der Waals surface area contributed by atoms with Crippen LogP contribution in [0.1, 0.15) is 68.7 Å². The van der Waals surface area contributed by atoms with Gasteiger partial charge in [0.25, 0.3) is 0 Å². The molecule has 0 saturated carbocycles. The minimum absolute atomic E-state index is 0.0428. The van der Waals surface area contributed by atoms with E-state index in [0.29, 0.717) is 17.5 Å². The Morgan fingerprint density at radius 1 is 0.677 bits per heavy atom. The second kappa shape index (κ2) is 11.7. The number of benzene rings is 2. The lowest BCUT2D eigenvalue weighted by molar-refractivity contribution is -0.0544. The average molecular weight is 425 g/mol. The van der Waals surface area contributed by atoms with Crippen molar-refractivity contribution in [3.63, 3.8) is 0 Å². The number of carbonyl (C=O) groups is 2. The van der Waals surface area contributed by atoms with E-state index < -0.39 is 0 Å². The molecule has 0 heterocycles. The molecule has 2 aromatic rings. The molecule has 0 aromatic heterocycles. The van der Waals surface area contributed by atoms with Crippen LogP contribution in [0.4, 0.5) is 0 Å². The Kier molecular flexibility index (Phi) is 9.29. The third kappa shape index (κ3) is 6.68. The number of hydrogen-bond acceptors (Lipinski definition) is 4. The lowest BCUT2D eigenvalue weighted by Crippen LogP contribution is -2.43. The Morgan fingerprint density at radius 2 is 1.10 bits per heavy atom. The summed E-state index contributed by atoms with van der Waals surface area (Å²) in [4.78, 5) is 25.4. The summed E-state index contributed by atoms with van der Waals surface area (Å²) in [6.45, 7) is 12.6. The summed E-state index contributed by atoms with van der Waals surface area (Å²) in [5.41, 5.74) is 1.09. The van der Waals surface area contributed by atoms with Gasteiger partial charge in [0.15, 0.2) is 0 Å². The summed E-state index contributed by atoms with van der Waals surface area (Å²) in [5.74, 6) is -0.0446. The van der Waals surface area contributed by atoms with Crippen LogP contribution in [0.15, 0.2) is 60.7 Å². The zero-order chi connectivity index (χ0) is 23.0. The summed E-state index contributed by atoms with van der Waals surface area (Å²) in [7, 11) is 0. The lowest BCUT2D eigenvalue weighted by Gasteiger charge is -2.40. The summed E-state index contributed by atoms with van der Waals surface area (Å²) in [5, 5.41) is 0. The van der Waals surface area contributed by atoms with E-state index >= 15 is 0 Å². The van der Waals surface area contributed by atoms with E-state index in [2.05, 4.69) is 27.7 Å². The largest absolute Gasteiger partial charge is 0.459 e. The fourth-order valence-corrected chi connectivity index (χ4v) is 4.52. The van der Waals surface area contributed by atoms with Crippen molar-refractivity contribution in [1.29, 1.82) is 0 Å². The summed E-state index contributed by atoms with van der Waals surface area (Å²) in [6, 6.07) is 18.1. The van der Waals surface area contributed by atoms with Crippen LogP contribution in [0.3, 0.4) is 0 Å². The Hall–Kier alpha value is -2.62. The van der Waals surface area contributed by atoms with E-state index in [9.17, 15) is 9.59 Å². The molecule has 0 aliphatic rings. The van der Waals surface area contributed by atoms with Crippen LogP contribution in [0.5, 0.6) is 0 Å². The van der Waals surface area contributed by atoms with E-state index in [1.807, 2.05) is 50.2 Å². The Morgan fingerprint density at radius 3 is 1.48 bits per heavy atom. The first-order valence-corrected chi connectivity index (χ1v) is 11.3. The summed E-state index contributed by atoms with van der Waals surface area (Å²) >= 11 is 0. The van der Waals surface area contributed by atoms with Gasteiger partial charge in [-0.3, -0.25) is 0 Å². The Balaban J connectivity index is 2.23. The number of carbonyl (C=O) groups excluding carboxylic acids is 2. The molecule has 4 atom stereocenters. The molecule has 168 valence electrons. The first-order chi connectivity index (χ1) is 14.8. The highest BCUT2D eigenvalue weighted by Gasteiger charge is 2.39. The first-order valence-electron chi connectivity index (χ1n) is 11.3. The minimum Gasteiger partial charge on any atom is -0.459 e. The molecule has 0 bridgehead atoms. The van der Waals surface area contributed by atoms with Crippen LogP contribution in [0, 0.1) is 23.7 Å². The van der Waals surface area contributed by atoms with Crippen molar-refractivity contribution in [3.05, 3.63) is 71.8 Å². The topological polar surface area (TPSA) is 52.6 Å². The molecule has 4 nitrogen and oxygen atoms in total. The van der Waals surface area contributed by atoms with E-state index in [0.717, 1.165) is 0 Å². The van der Waals surface area contributed by atoms with Crippen molar-refractivity contribution in [3.8, 4) is 0 Å². The predicted octanol–water partition coefficient (Wildman–Crippen LogP) is 6.41. The molecule has 0 N–H and O–H groups in total. The second-order valence-corrected chi connectivity index (χ2v) is 8.84. The van der Waals surface area contributed by atoms with Crippen LogP contribution in [0.25, 0.3) is 0 Å². The fraction of sp³-hybridized carbons (Fsp3) is 0.481. The second-order valence-electron chi connectivity index (χ2n) is 8.84. The quantitative estimate of drug-likeness (QED) is 0.413. The fourth-order valence-electron chi connectivity index (χ4n) is 4.52. The van der Waals surface area contributed by atoms with Gasteiger partial charge >= 0.3 is 11.9 Å². The number of rotatable bonds is 10. The molecule has 0 radical (unpaired) electrons. The maximum Gasteiger partial charge on any atom is 0.338 e. The molecule has 4 heteroatoms. The molecular formula is C27H36O4. The maximum atomic E-state index is 12.8. The van der Waals surface area contributed by atoms with E-state index in [1.54, 1.807) is 24.3 Å². The zero-order valence-electron chi connectivity index (χ0n) is 19.6. The van der Waals surface area contributed by atoms with E-state index in [1.165, 1.54) is 0 Å². The van der Waals surface area contributed by atoms with Crippen molar-refractivity contribution < 1.29 is 19.1 Å². The molecule has 31 heavy (non-hydrogen) atoms. The smallest absolute Gasteiger partial charge is 0.338 e. The molecule has 4 unspecified atom stereocenters. The molecule has 0 aliphatic carbocycles. The normalized spacial score (nSPS) is 15.2. The highest BCUT2D eigenvalue weighted by Crippen LogP contribution is 2.37.